The molecule has 0 bridgehead atoms. The van der Waals surface area contributed by atoms with Gasteiger partial charge in [-0.3, -0.25) is 4.98 Å². The van der Waals surface area contributed by atoms with E-state index in [0.717, 1.165) is 10.0 Å². The van der Waals surface area contributed by atoms with E-state index >= 15 is 0 Å². The SMILES string of the molecule is Cc1cccnc1-c1noc(-c2cc(Br)ccc2N)n1. The van der Waals surface area contributed by atoms with E-state index in [2.05, 4.69) is 31.1 Å². The first-order valence-electron chi connectivity index (χ1n) is 5.96. The Morgan fingerprint density at radius 3 is 2.90 bits per heavy atom. The number of nitrogen functional groups attached to an aromatic ring is 1. The fourth-order valence-corrected chi connectivity index (χ4v) is 2.22. The maximum absolute atomic E-state index is 5.94. The van der Waals surface area contributed by atoms with E-state index < -0.39 is 0 Å². The van der Waals surface area contributed by atoms with Crippen molar-refractivity contribution in [1.82, 2.24) is 15.1 Å². The number of anilines is 1. The van der Waals surface area contributed by atoms with Crippen LogP contribution in [0, 0.1) is 6.92 Å². The molecule has 2 heterocycles. The van der Waals surface area contributed by atoms with Gasteiger partial charge in [-0.25, -0.2) is 0 Å². The molecule has 0 unspecified atom stereocenters. The molecule has 20 heavy (non-hydrogen) atoms. The Labute approximate surface area is 124 Å². The van der Waals surface area contributed by atoms with Crippen molar-refractivity contribution in [3.8, 4) is 23.0 Å². The van der Waals surface area contributed by atoms with Crippen molar-refractivity contribution in [2.45, 2.75) is 6.92 Å². The molecule has 0 aliphatic carbocycles. The summed E-state index contributed by atoms with van der Waals surface area (Å²) in [6.45, 7) is 1.95. The highest BCUT2D eigenvalue weighted by Crippen LogP contribution is 2.29. The number of pyridine rings is 1. The summed E-state index contributed by atoms with van der Waals surface area (Å²) in [4.78, 5) is 8.64. The second-order valence-electron chi connectivity index (χ2n) is 4.32. The summed E-state index contributed by atoms with van der Waals surface area (Å²) in [6, 6.07) is 9.31. The molecule has 0 amide bonds. The minimum atomic E-state index is 0.379. The lowest BCUT2D eigenvalue weighted by Crippen LogP contribution is -1.91. The fourth-order valence-electron chi connectivity index (χ4n) is 1.86. The van der Waals surface area contributed by atoms with Gasteiger partial charge in [-0.1, -0.05) is 27.2 Å². The molecule has 2 aromatic heterocycles. The van der Waals surface area contributed by atoms with E-state index in [-0.39, 0.29) is 0 Å². The molecule has 3 aromatic rings. The molecular weight excluding hydrogens is 320 g/mol. The van der Waals surface area contributed by atoms with Crippen LogP contribution in [0.25, 0.3) is 23.0 Å². The van der Waals surface area contributed by atoms with Crippen LogP contribution >= 0.6 is 15.9 Å². The molecule has 1 aromatic carbocycles. The number of hydrogen-bond acceptors (Lipinski definition) is 5. The lowest BCUT2D eigenvalue weighted by molar-refractivity contribution is 0.432. The van der Waals surface area contributed by atoms with Gasteiger partial charge in [0.1, 0.15) is 5.69 Å². The molecule has 0 radical (unpaired) electrons. The second kappa shape index (κ2) is 5.05. The summed E-state index contributed by atoms with van der Waals surface area (Å²) in [6.07, 6.45) is 1.70. The molecule has 0 saturated heterocycles. The van der Waals surface area contributed by atoms with Crippen molar-refractivity contribution < 1.29 is 4.52 Å². The summed E-state index contributed by atoms with van der Waals surface area (Å²) < 4.78 is 6.19. The predicted octanol–water partition coefficient (Wildman–Crippen LogP) is 3.45. The third-order valence-electron chi connectivity index (χ3n) is 2.89. The third kappa shape index (κ3) is 2.30. The zero-order valence-corrected chi connectivity index (χ0v) is 12.3. The number of benzene rings is 1. The molecule has 0 fully saturated rings. The zero-order valence-electron chi connectivity index (χ0n) is 10.7. The van der Waals surface area contributed by atoms with E-state index in [4.69, 9.17) is 10.3 Å². The lowest BCUT2D eigenvalue weighted by Gasteiger charge is -2.00. The Morgan fingerprint density at radius 2 is 2.10 bits per heavy atom. The zero-order chi connectivity index (χ0) is 14.1. The molecule has 2 N–H and O–H groups in total. The maximum Gasteiger partial charge on any atom is 0.260 e. The summed E-state index contributed by atoms with van der Waals surface area (Å²) in [7, 11) is 0. The van der Waals surface area contributed by atoms with Crippen molar-refractivity contribution in [3.63, 3.8) is 0 Å². The number of nitrogens with two attached hydrogens (primary N) is 1. The fraction of sp³-hybridized carbons (Fsp3) is 0.0714. The molecule has 5 nitrogen and oxygen atoms in total. The van der Waals surface area contributed by atoms with E-state index in [1.54, 1.807) is 12.3 Å². The van der Waals surface area contributed by atoms with Crippen LogP contribution in [0.15, 0.2) is 45.5 Å². The van der Waals surface area contributed by atoms with Crippen LogP contribution in [0.4, 0.5) is 5.69 Å². The van der Waals surface area contributed by atoms with Gasteiger partial charge in [-0.15, -0.1) is 0 Å². The number of nitrogens with zero attached hydrogens (tertiary/aromatic N) is 3. The summed E-state index contributed by atoms with van der Waals surface area (Å²) in [5, 5.41) is 3.97. The summed E-state index contributed by atoms with van der Waals surface area (Å²) in [5.74, 6) is 0.835. The van der Waals surface area contributed by atoms with Gasteiger partial charge in [0, 0.05) is 16.4 Å². The molecule has 0 aliphatic rings. The first-order chi connectivity index (χ1) is 9.65. The van der Waals surface area contributed by atoms with Crippen molar-refractivity contribution >= 4 is 21.6 Å². The number of rotatable bonds is 2. The molecule has 3 rings (SSSR count). The maximum atomic E-state index is 5.94. The van der Waals surface area contributed by atoms with Gasteiger partial charge in [0.05, 0.1) is 5.56 Å². The quantitative estimate of drug-likeness (QED) is 0.728. The molecule has 0 aliphatic heterocycles. The van der Waals surface area contributed by atoms with Crippen molar-refractivity contribution in [2.24, 2.45) is 0 Å². The van der Waals surface area contributed by atoms with Crippen LogP contribution in [0.2, 0.25) is 0 Å². The third-order valence-corrected chi connectivity index (χ3v) is 3.39. The predicted molar refractivity (Wildman–Crippen MR) is 79.8 cm³/mol. The molecule has 0 atom stereocenters. The van der Waals surface area contributed by atoms with E-state index in [0.29, 0.717) is 28.7 Å². The van der Waals surface area contributed by atoms with Crippen LogP contribution in [0.3, 0.4) is 0 Å². The molecule has 100 valence electrons. The second-order valence-corrected chi connectivity index (χ2v) is 5.24. The molecule has 0 spiro atoms. The highest BCUT2D eigenvalue weighted by Gasteiger charge is 2.15. The van der Waals surface area contributed by atoms with Gasteiger partial charge in [-0.2, -0.15) is 4.98 Å². The van der Waals surface area contributed by atoms with Gasteiger partial charge >= 0.3 is 0 Å². The first-order valence-corrected chi connectivity index (χ1v) is 6.75. The lowest BCUT2D eigenvalue weighted by atomic mass is 10.2. The Hall–Kier alpha value is -2.21. The summed E-state index contributed by atoms with van der Waals surface area (Å²) in [5.41, 5.74) is 8.91. The van der Waals surface area contributed by atoms with E-state index in [1.807, 2.05) is 31.2 Å². The Bertz CT molecular complexity index is 769. The van der Waals surface area contributed by atoms with Crippen LogP contribution in [-0.4, -0.2) is 15.1 Å². The van der Waals surface area contributed by atoms with E-state index in [1.165, 1.54) is 0 Å². The summed E-state index contributed by atoms with van der Waals surface area (Å²) >= 11 is 3.40. The van der Waals surface area contributed by atoms with Gasteiger partial charge in [0.25, 0.3) is 5.89 Å². The van der Waals surface area contributed by atoms with E-state index in [9.17, 15) is 0 Å². The number of aryl methyl sites for hydroxylation is 1. The topological polar surface area (TPSA) is 77.8 Å². The highest BCUT2D eigenvalue weighted by molar-refractivity contribution is 9.10. The first kappa shape index (κ1) is 12.8. The smallest absolute Gasteiger partial charge is 0.260 e. The Balaban J connectivity index is 2.07. The normalized spacial score (nSPS) is 10.7. The van der Waals surface area contributed by atoms with Crippen molar-refractivity contribution in [2.75, 3.05) is 5.73 Å². The van der Waals surface area contributed by atoms with Crippen LogP contribution in [0.1, 0.15) is 5.56 Å². The van der Waals surface area contributed by atoms with Gasteiger partial charge in [-0.05, 0) is 36.8 Å². The van der Waals surface area contributed by atoms with Crippen LogP contribution < -0.4 is 5.73 Å². The average molecular weight is 331 g/mol. The van der Waals surface area contributed by atoms with Gasteiger partial charge in [0.2, 0.25) is 5.82 Å². The van der Waals surface area contributed by atoms with Crippen molar-refractivity contribution in [3.05, 3.63) is 46.6 Å². The number of hydrogen-bond donors (Lipinski definition) is 1. The van der Waals surface area contributed by atoms with Gasteiger partial charge < -0.3 is 10.3 Å². The highest BCUT2D eigenvalue weighted by atomic mass is 79.9. The minimum absolute atomic E-state index is 0.379. The van der Waals surface area contributed by atoms with Gasteiger partial charge in [0.15, 0.2) is 0 Å². The molecular formula is C14H11BrN4O. The van der Waals surface area contributed by atoms with Crippen molar-refractivity contribution in [1.29, 1.82) is 0 Å². The van der Waals surface area contributed by atoms with Crippen LogP contribution in [-0.2, 0) is 0 Å². The Morgan fingerprint density at radius 1 is 1.25 bits per heavy atom. The monoisotopic (exact) mass is 330 g/mol. The number of aromatic nitrogens is 3. The van der Waals surface area contributed by atoms with Crippen LogP contribution in [0.5, 0.6) is 0 Å². The molecule has 0 saturated carbocycles. The number of halogens is 1. The average Bonchev–Trinajstić information content (AvgIpc) is 2.91. The standard InChI is InChI=1S/C14H11BrN4O/c1-8-3-2-6-17-12(8)13-18-14(20-19-13)10-7-9(15)4-5-11(10)16/h2-7H,16H2,1H3. The largest absolute Gasteiger partial charge is 0.398 e. The molecule has 6 heteroatoms. The minimum Gasteiger partial charge on any atom is -0.398 e. The Kier molecular flexibility index (Phi) is 3.23.